The molecular weight excluding hydrogens is 334 g/mol. The quantitative estimate of drug-likeness (QED) is 0.440. The summed E-state index contributed by atoms with van der Waals surface area (Å²) >= 11 is 0. The Kier molecular flexibility index (Phi) is 3.21. The van der Waals surface area contributed by atoms with E-state index in [1.807, 2.05) is 38.1 Å². The van der Waals surface area contributed by atoms with E-state index in [9.17, 15) is 0 Å². The molecule has 0 aliphatic carbocycles. The Morgan fingerprint density at radius 1 is 1.07 bits per heavy atom. The topological polar surface area (TPSA) is 32.5 Å². The molecule has 4 nitrogen and oxygen atoms in total. The van der Waals surface area contributed by atoms with Gasteiger partial charge in [-0.1, -0.05) is 30.3 Å². The number of benzene rings is 2. The highest BCUT2D eigenvalue weighted by Gasteiger charge is 2.38. The van der Waals surface area contributed by atoms with Crippen molar-refractivity contribution in [1.29, 1.82) is 0 Å². The lowest BCUT2D eigenvalue weighted by Gasteiger charge is -2.33. The van der Waals surface area contributed by atoms with Crippen LogP contribution in [0.4, 0.5) is 17.2 Å². The van der Waals surface area contributed by atoms with Gasteiger partial charge in [0.25, 0.3) is 0 Å². The van der Waals surface area contributed by atoms with Crippen LogP contribution < -0.4 is 9.80 Å². The van der Waals surface area contributed by atoms with Crippen molar-refractivity contribution < 1.29 is 5.79 Å². The molecule has 0 saturated carbocycles. The molecule has 27 heavy (non-hydrogen) atoms. The number of hydrogen-bond donors (Lipinski definition) is 0. The van der Waals surface area contributed by atoms with Crippen LogP contribution in [-0.4, -0.2) is 17.2 Å². The SMILES string of the molecule is [2H]C(C)(C)N1c2ncccc2N(c2c(C)ccc3c2oc2ccccc23)[C@H]1C. The van der Waals surface area contributed by atoms with Crippen LogP contribution in [0, 0.1) is 6.92 Å². The summed E-state index contributed by atoms with van der Waals surface area (Å²) in [5, 5.41) is 2.23. The van der Waals surface area contributed by atoms with Gasteiger partial charge in [0.15, 0.2) is 11.4 Å². The second-order valence-electron chi connectivity index (χ2n) is 7.37. The van der Waals surface area contributed by atoms with Crippen LogP contribution in [0.5, 0.6) is 0 Å². The molecule has 0 amide bonds. The molecule has 0 bridgehead atoms. The fraction of sp³-hybridized carbons (Fsp3) is 0.261. The molecule has 4 aromatic rings. The minimum Gasteiger partial charge on any atom is -0.454 e. The van der Waals surface area contributed by atoms with Crippen molar-refractivity contribution in [2.75, 3.05) is 9.80 Å². The van der Waals surface area contributed by atoms with Crippen molar-refractivity contribution in [2.45, 2.75) is 39.9 Å². The molecule has 5 rings (SSSR count). The Bertz CT molecular complexity index is 1210. The third kappa shape index (κ3) is 2.19. The second kappa shape index (κ2) is 5.74. The number of hydrogen-bond acceptors (Lipinski definition) is 4. The average Bonchev–Trinajstić information content (AvgIpc) is 3.16. The maximum atomic E-state index is 8.68. The van der Waals surface area contributed by atoms with E-state index >= 15 is 0 Å². The summed E-state index contributed by atoms with van der Waals surface area (Å²) in [6.45, 7) is 8.04. The van der Waals surface area contributed by atoms with Gasteiger partial charge in [0.1, 0.15) is 11.7 Å². The van der Waals surface area contributed by atoms with Crippen molar-refractivity contribution in [1.82, 2.24) is 4.98 Å². The fourth-order valence-corrected chi connectivity index (χ4v) is 4.32. The summed E-state index contributed by atoms with van der Waals surface area (Å²) in [7, 11) is 0. The van der Waals surface area contributed by atoms with Gasteiger partial charge in [0.2, 0.25) is 0 Å². The number of rotatable bonds is 2. The third-order valence-corrected chi connectivity index (χ3v) is 5.45. The van der Waals surface area contributed by atoms with Gasteiger partial charge in [-0.2, -0.15) is 0 Å². The van der Waals surface area contributed by atoms with Crippen molar-refractivity contribution in [3.05, 3.63) is 60.3 Å². The number of aryl methyl sites for hydroxylation is 1. The number of furan rings is 1. The van der Waals surface area contributed by atoms with E-state index in [0.29, 0.717) is 0 Å². The number of aromatic nitrogens is 1. The molecule has 2 aromatic carbocycles. The van der Waals surface area contributed by atoms with Crippen LogP contribution in [0.25, 0.3) is 21.9 Å². The number of nitrogens with zero attached hydrogens (tertiary/aromatic N) is 3. The largest absolute Gasteiger partial charge is 0.454 e. The molecule has 3 heterocycles. The van der Waals surface area contributed by atoms with Gasteiger partial charge in [-0.05, 0) is 51.5 Å². The maximum absolute atomic E-state index is 8.68. The van der Waals surface area contributed by atoms with E-state index in [1.54, 1.807) is 6.20 Å². The van der Waals surface area contributed by atoms with Crippen LogP contribution in [0.2, 0.25) is 0 Å². The Morgan fingerprint density at radius 3 is 2.70 bits per heavy atom. The predicted molar refractivity (Wildman–Crippen MR) is 112 cm³/mol. The Labute approximate surface area is 160 Å². The molecule has 0 N–H and O–H groups in total. The van der Waals surface area contributed by atoms with Crippen molar-refractivity contribution in [2.24, 2.45) is 0 Å². The highest BCUT2D eigenvalue weighted by Crippen LogP contribution is 2.48. The van der Waals surface area contributed by atoms with Gasteiger partial charge in [-0.25, -0.2) is 4.98 Å². The first-order valence-corrected chi connectivity index (χ1v) is 9.32. The molecule has 0 unspecified atom stereocenters. The summed E-state index contributed by atoms with van der Waals surface area (Å²) in [6, 6.07) is 15.7. The van der Waals surface area contributed by atoms with E-state index < -0.39 is 6.02 Å². The average molecular weight is 358 g/mol. The zero-order chi connectivity index (χ0) is 19.6. The molecule has 0 fully saturated rings. The monoisotopic (exact) mass is 358 g/mol. The van der Waals surface area contributed by atoms with Crippen molar-refractivity contribution in [3.8, 4) is 0 Å². The van der Waals surface area contributed by atoms with Gasteiger partial charge in [-0.3, -0.25) is 0 Å². The minimum absolute atomic E-state index is 0.0603. The molecule has 0 spiro atoms. The smallest absolute Gasteiger partial charge is 0.159 e. The third-order valence-electron chi connectivity index (χ3n) is 5.45. The van der Waals surface area contributed by atoms with E-state index in [1.165, 1.54) is 0 Å². The van der Waals surface area contributed by atoms with Crippen molar-refractivity contribution >= 4 is 39.1 Å². The number of anilines is 3. The lowest BCUT2D eigenvalue weighted by Crippen LogP contribution is -2.42. The van der Waals surface area contributed by atoms with E-state index in [-0.39, 0.29) is 6.17 Å². The molecule has 1 aliphatic rings. The number of fused-ring (bicyclic) bond motifs is 4. The predicted octanol–water partition coefficient (Wildman–Crippen LogP) is 6.00. The number of para-hydroxylation sites is 1. The number of pyridine rings is 1. The molecule has 136 valence electrons. The maximum Gasteiger partial charge on any atom is 0.159 e. The summed E-state index contributed by atoms with van der Waals surface area (Å²) in [4.78, 5) is 8.94. The first-order valence-electron chi connectivity index (χ1n) is 9.82. The van der Waals surface area contributed by atoms with Gasteiger partial charge in [0, 0.05) is 23.0 Å². The van der Waals surface area contributed by atoms with Crippen LogP contribution in [-0.2, 0) is 0 Å². The van der Waals surface area contributed by atoms with Gasteiger partial charge in [0.05, 0.1) is 12.7 Å². The summed E-state index contributed by atoms with van der Waals surface area (Å²) in [5.41, 5.74) is 4.96. The molecular formula is C23H23N3O. The zero-order valence-electron chi connectivity index (χ0n) is 17.0. The Morgan fingerprint density at radius 2 is 1.89 bits per heavy atom. The van der Waals surface area contributed by atoms with Crippen LogP contribution in [0.3, 0.4) is 0 Å². The Balaban J connectivity index is 1.82. The fourth-order valence-electron chi connectivity index (χ4n) is 4.32. The second-order valence-corrected chi connectivity index (χ2v) is 7.37. The first-order chi connectivity index (χ1) is 13.4. The van der Waals surface area contributed by atoms with Gasteiger partial charge >= 0.3 is 0 Å². The highest BCUT2D eigenvalue weighted by molar-refractivity contribution is 6.10. The lowest BCUT2D eigenvalue weighted by molar-refractivity contribution is 0.598. The summed E-state index contributed by atoms with van der Waals surface area (Å²) < 4.78 is 15.0. The van der Waals surface area contributed by atoms with Crippen molar-refractivity contribution in [3.63, 3.8) is 0 Å². The zero-order valence-corrected chi connectivity index (χ0v) is 16.0. The molecule has 0 radical (unpaired) electrons. The van der Waals surface area contributed by atoms with E-state index in [4.69, 9.17) is 5.79 Å². The summed E-state index contributed by atoms with van der Waals surface area (Å²) in [6.07, 6.45) is 1.73. The minimum atomic E-state index is -0.799. The van der Waals surface area contributed by atoms with Crippen LogP contribution in [0.1, 0.15) is 27.7 Å². The molecule has 1 aliphatic heterocycles. The van der Waals surface area contributed by atoms with E-state index in [2.05, 4.69) is 52.9 Å². The van der Waals surface area contributed by atoms with Crippen LogP contribution >= 0.6 is 0 Å². The molecule has 4 heteroatoms. The molecule has 1 atom stereocenters. The molecule has 2 aromatic heterocycles. The highest BCUT2D eigenvalue weighted by atomic mass is 16.3. The molecule has 0 saturated heterocycles. The Hall–Kier alpha value is -3.01. The standard InChI is InChI=1S/C23H23N3O/c1-14(2)25-16(4)26(19-9-7-13-24-23(19)25)21-15(3)11-12-18-17-8-5-6-10-20(17)27-22(18)21/h5-14,16H,1-4H3/t16-/m0/s1/i14D. The van der Waals surface area contributed by atoms with Gasteiger partial charge in [-0.15, -0.1) is 0 Å². The normalized spacial score (nSPS) is 17.6. The summed E-state index contributed by atoms with van der Waals surface area (Å²) in [5.74, 6) is 0.836. The van der Waals surface area contributed by atoms with Crippen LogP contribution in [0.15, 0.2) is 59.1 Å². The van der Waals surface area contributed by atoms with E-state index in [0.717, 1.165) is 44.7 Å². The lowest BCUT2D eigenvalue weighted by atomic mass is 10.1. The van der Waals surface area contributed by atoms with Gasteiger partial charge < -0.3 is 14.2 Å². The first kappa shape index (κ1) is 15.1.